The van der Waals surface area contributed by atoms with Crippen LogP contribution in [0.2, 0.25) is 5.02 Å². The van der Waals surface area contributed by atoms with Gasteiger partial charge in [0.1, 0.15) is 0 Å². The average Bonchev–Trinajstić information content (AvgIpc) is 2.61. The number of rotatable bonds is 5. The van der Waals surface area contributed by atoms with E-state index < -0.39 is 15.6 Å². The van der Waals surface area contributed by atoms with E-state index in [0.29, 0.717) is 24.5 Å². The van der Waals surface area contributed by atoms with Crippen molar-refractivity contribution in [2.45, 2.75) is 49.0 Å². The van der Waals surface area contributed by atoms with Crippen LogP contribution in [0.3, 0.4) is 0 Å². The zero-order chi connectivity index (χ0) is 18.8. The lowest BCUT2D eigenvalue weighted by molar-refractivity contribution is -0.143. The van der Waals surface area contributed by atoms with Crippen molar-refractivity contribution >= 4 is 27.5 Å². The van der Waals surface area contributed by atoms with Crippen molar-refractivity contribution in [3.63, 3.8) is 0 Å². The number of sulfonamides is 1. The third-order valence-corrected chi connectivity index (χ3v) is 7.26. The minimum atomic E-state index is -3.65. The highest BCUT2D eigenvalue weighted by molar-refractivity contribution is 7.89. The Hall–Kier alpha value is -1.15. The van der Waals surface area contributed by atoms with Gasteiger partial charge in [-0.25, -0.2) is 13.1 Å². The van der Waals surface area contributed by atoms with E-state index >= 15 is 0 Å². The first-order valence-corrected chi connectivity index (χ1v) is 10.9. The van der Waals surface area contributed by atoms with Gasteiger partial charge in [-0.15, -0.1) is 0 Å². The molecule has 1 aliphatic heterocycles. The third kappa shape index (κ3) is 4.39. The monoisotopic (exact) mass is 400 g/mol. The van der Waals surface area contributed by atoms with E-state index in [9.17, 15) is 18.3 Å². The van der Waals surface area contributed by atoms with Crippen LogP contribution in [-0.2, 0) is 14.8 Å². The molecule has 2 atom stereocenters. The van der Waals surface area contributed by atoms with Gasteiger partial charge >= 0.3 is 0 Å². The van der Waals surface area contributed by atoms with Gasteiger partial charge in [-0.3, -0.25) is 4.79 Å². The molecule has 2 aliphatic rings. The molecule has 144 valence electrons. The molecule has 0 radical (unpaired) electrons. The van der Waals surface area contributed by atoms with Crippen LogP contribution in [0.25, 0.3) is 0 Å². The number of amides is 1. The highest BCUT2D eigenvalue weighted by Crippen LogP contribution is 2.39. The van der Waals surface area contributed by atoms with Crippen molar-refractivity contribution < 1.29 is 18.3 Å². The normalized spacial score (nSPS) is 26.4. The Morgan fingerprint density at radius 1 is 1.27 bits per heavy atom. The summed E-state index contributed by atoms with van der Waals surface area (Å²) < 4.78 is 26.9. The molecule has 0 aromatic heterocycles. The first kappa shape index (κ1) is 19.6. The molecule has 2 N–H and O–H groups in total. The minimum absolute atomic E-state index is 0.0508. The average molecular weight is 401 g/mol. The molecule has 1 saturated heterocycles. The molecule has 1 aromatic carbocycles. The number of benzene rings is 1. The molecule has 1 amide bonds. The quantitative estimate of drug-likeness (QED) is 0.792. The topological polar surface area (TPSA) is 86.7 Å². The van der Waals surface area contributed by atoms with Gasteiger partial charge in [-0.1, -0.05) is 24.4 Å². The van der Waals surface area contributed by atoms with Gasteiger partial charge in [0.05, 0.1) is 10.5 Å². The van der Waals surface area contributed by atoms with Crippen LogP contribution in [0, 0.1) is 5.92 Å². The zero-order valence-electron chi connectivity index (χ0n) is 14.7. The smallest absolute Gasteiger partial charge is 0.240 e. The van der Waals surface area contributed by atoms with Crippen LogP contribution in [0.4, 0.5) is 0 Å². The summed E-state index contributed by atoms with van der Waals surface area (Å²) in [6.07, 6.45) is 4.63. The van der Waals surface area contributed by atoms with Gasteiger partial charge in [0, 0.05) is 37.0 Å². The van der Waals surface area contributed by atoms with Gasteiger partial charge in [0.15, 0.2) is 0 Å². The van der Waals surface area contributed by atoms with E-state index in [1.54, 1.807) is 4.90 Å². The highest BCUT2D eigenvalue weighted by Gasteiger charge is 2.43. The number of aliphatic hydroxyl groups is 1. The van der Waals surface area contributed by atoms with Crippen molar-refractivity contribution in [3.8, 4) is 0 Å². The van der Waals surface area contributed by atoms with E-state index in [2.05, 4.69) is 4.72 Å². The minimum Gasteiger partial charge on any atom is -0.389 e. The lowest BCUT2D eigenvalue weighted by Gasteiger charge is -2.47. The largest absolute Gasteiger partial charge is 0.389 e. The van der Waals surface area contributed by atoms with E-state index in [1.165, 1.54) is 24.3 Å². The molecule has 1 heterocycles. The third-order valence-electron chi connectivity index (χ3n) is 5.54. The molecule has 0 unspecified atom stereocenters. The maximum atomic E-state index is 12.4. The number of halogens is 1. The van der Waals surface area contributed by atoms with Crippen LogP contribution >= 0.6 is 11.6 Å². The number of nitrogens with one attached hydrogen (secondary N) is 1. The number of fused-ring (bicyclic) bond motifs is 1. The summed E-state index contributed by atoms with van der Waals surface area (Å²) in [5, 5.41) is 11.1. The molecule has 26 heavy (non-hydrogen) atoms. The maximum absolute atomic E-state index is 12.4. The second-order valence-corrected chi connectivity index (χ2v) is 9.44. The predicted octanol–water partition coefficient (Wildman–Crippen LogP) is 2.16. The van der Waals surface area contributed by atoms with E-state index in [4.69, 9.17) is 11.6 Å². The Morgan fingerprint density at radius 2 is 2.00 bits per heavy atom. The van der Waals surface area contributed by atoms with Crippen LogP contribution < -0.4 is 4.72 Å². The number of piperidine rings is 1. The van der Waals surface area contributed by atoms with Crippen molar-refractivity contribution in [1.82, 2.24) is 9.62 Å². The number of hydrogen-bond acceptors (Lipinski definition) is 4. The van der Waals surface area contributed by atoms with E-state index in [0.717, 1.165) is 25.7 Å². The molecule has 0 spiro atoms. The lowest BCUT2D eigenvalue weighted by atomic mass is 9.71. The fourth-order valence-electron chi connectivity index (χ4n) is 3.94. The molecule has 1 aromatic rings. The first-order valence-electron chi connectivity index (χ1n) is 9.06. The van der Waals surface area contributed by atoms with Crippen LogP contribution in [-0.4, -0.2) is 49.6 Å². The van der Waals surface area contributed by atoms with Crippen LogP contribution in [0.5, 0.6) is 0 Å². The summed E-state index contributed by atoms with van der Waals surface area (Å²) in [5.74, 6) is 0.0659. The molecule has 1 aliphatic carbocycles. The standard InChI is InChI=1S/C18H25ClN2O4S/c19-15-4-6-16(7-5-15)26(24,25)20-11-8-17(22)21-12-10-18(23)9-2-1-3-14(18)13-21/h4-7,14,20,23H,1-3,8-13H2/t14-,18+/m0/s1. The molecular formula is C18H25ClN2O4S. The van der Waals surface area contributed by atoms with Gasteiger partial charge in [-0.05, 0) is 43.5 Å². The predicted molar refractivity (Wildman–Crippen MR) is 99.4 cm³/mol. The summed E-state index contributed by atoms with van der Waals surface area (Å²) in [7, 11) is -3.65. The fourth-order valence-corrected chi connectivity index (χ4v) is 5.10. The number of likely N-dealkylation sites (tertiary alicyclic amines) is 1. The summed E-state index contributed by atoms with van der Waals surface area (Å²) in [4.78, 5) is 14.3. The Kier molecular flexibility index (Phi) is 5.91. The summed E-state index contributed by atoms with van der Waals surface area (Å²) in [6, 6.07) is 5.89. The van der Waals surface area contributed by atoms with Crippen molar-refractivity contribution in [3.05, 3.63) is 29.3 Å². The molecular weight excluding hydrogens is 376 g/mol. The van der Waals surface area contributed by atoms with Gasteiger partial charge in [-0.2, -0.15) is 0 Å². The lowest BCUT2D eigenvalue weighted by Crippen LogP contribution is -2.54. The number of nitrogens with zero attached hydrogens (tertiary/aromatic N) is 1. The molecule has 3 rings (SSSR count). The molecule has 2 fully saturated rings. The Bertz CT molecular complexity index is 753. The molecule has 6 nitrogen and oxygen atoms in total. The van der Waals surface area contributed by atoms with Crippen LogP contribution in [0.15, 0.2) is 29.2 Å². The number of carbonyl (C=O) groups excluding carboxylic acids is 1. The number of carbonyl (C=O) groups is 1. The summed E-state index contributed by atoms with van der Waals surface area (Å²) in [6.45, 7) is 1.16. The molecule has 8 heteroatoms. The molecule has 0 bridgehead atoms. The Morgan fingerprint density at radius 3 is 2.73 bits per heavy atom. The van der Waals surface area contributed by atoms with Crippen molar-refractivity contribution in [2.24, 2.45) is 5.92 Å². The SMILES string of the molecule is O=C(CCNS(=O)(=O)c1ccc(Cl)cc1)N1CC[C@]2(O)CCCC[C@H]2C1. The van der Waals surface area contributed by atoms with Crippen molar-refractivity contribution in [1.29, 1.82) is 0 Å². The van der Waals surface area contributed by atoms with Gasteiger partial charge < -0.3 is 10.0 Å². The molecule has 1 saturated carbocycles. The van der Waals surface area contributed by atoms with Gasteiger partial charge in [0.25, 0.3) is 0 Å². The Balaban J connectivity index is 1.50. The van der Waals surface area contributed by atoms with E-state index in [1.807, 2.05) is 0 Å². The zero-order valence-corrected chi connectivity index (χ0v) is 16.2. The fraction of sp³-hybridized carbons (Fsp3) is 0.611. The first-order chi connectivity index (χ1) is 12.3. The van der Waals surface area contributed by atoms with Crippen LogP contribution in [0.1, 0.15) is 38.5 Å². The highest BCUT2D eigenvalue weighted by atomic mass is 35.5. The van der Waals surface area contributed by atoms with Gasteiger partial charge in [0.2, 0.25) is 15.9 Å². The maximum Gasteiger partial charge on any atom is 0.240 e. The second kappa shape index (κ2) is 7.84. The second-order valence-electron chi connectivity index (χ2n) is 7.24. The Labute approximate surface area is 159 Å². The van der Waals surface area contributed by atoms with Crippen molar-refractivity contribution in [2.75, 3.05) is 19.6 Å². The summed E-state index contributed by atoms with van der Waals surface area (Å²) >= 11 is 5.77. The number of hydrogen-bond donors (Lipinski definition) is 2. The van der Waals surface area contributed by atoms with E-state index in [-0.39, 0.29) is 29.7 Å². The summed E-state index contributed by atoms with van der Waals surface area (Å²) in [5.41, 5.74) is -0.620.